The van der Waals surface area contributed by atoms with Gasteiger partial charge in [-0.3, -0.25) is 9.78 Å². The highest BCUT2D eigenvalue weighted by molar-refractivity contribution is 6.17. The minimum Gasteiger partial charge on any atom is -0.462 e. The molecule has 0 bridgehead atoms. The molecule has 0 saturated heterocycles. The molecule has 32 heavy (non-hydrogen) atoms. The topological polar surface area (TPSA) is 60.7 Å². The van der Waals surface area contributed by atoms with Crippen molar-refractivity contribution in [2.75, 3.05) is 6.61 Å². The maximum atomic E-state index is 13.9. The van der Waals surface area contributed by atoms with E-state index in [1.54, 1.807) is 23.6 Å². The zero-order valence-corrected chi connectivity index (χ0v) is 17.5. The van der Waals surface area contributed by atoms with Gasteiger partial charge in [0.25, 0.3) is 0 Å². The van der Waals surface area contributed by atoms with Crippen molar-refractivity contribution >= 4 is 28.0 Å². The van der Waals surface area contributed by atoms with Crippen molar-refractivity contribution in [3.8, 4) is 11.4 Å². The van der Waals surface area contributed by atoms with Gasteiger partial charge in [0.2, 0.25) is 5.78 Å². The zero-order valence-electron chi connectivity index (χ0n) is 17.5. The van der Waals surface area contributed by atoms with Crippen molar-refractivity contribution in [2.45, 2.75) is 6.92 Å². The van der Waals surface area contributed by atoms with Gasteiger partial charge in [-0.1, -0.05) is 54.6 Å². The zero-order chi connectivity index (χ0) is 22.1. The van der Waals surface area contributed by atoms with Crippen LogP contribution in [-0.2, 0) is 4.74 Å². The number of aromatic nitrogens is 2. The summed E-state index contributed by atoms with van der Waals surface area (Å²) in [5.74, 6) is -0.629. The van der Waals surface area contributed by atoms with Crippen LogP contribution < -0.4 is 0 Å². The van der Waals surface area contributed by atoms with E-state index < -0.39 is 5.97 Å². The molecule has 0 radical (unpaired) electrons. The standard InChI is InChI=1S/C27H20N2O3/c1-2-32-27(31)21-17-25(26(30)20-12-7-10-18-9-3-4-11-19(18)20)29-23(21)14-8-15-24(29)22-13-5-6-16-28-22/h3-17H,2H2,1H3. The van der Waals surface area contributed by atoms with Crippen molar-refractivity contribution in [3.05, 3.63) is 108 Å². The molecule has 0 atom stereocenters. The highest BCUT2D eigenvalue weighted by Crippen LogP contribution is 2.29. The van der Waals surface area contributed by atoms with Gasteiger partial charge in [0.05, 0.1) is 34.8 Å². The van der Waals surface area contributed by atoms with Crippen LogP contribution in [-0.4, -0.2) is 27.7 Å². The molecule has 0 N–H and O–H groups in total. The molecule has 0 aliphatic heterocycles. The first kappa shape index (κ1) is 19.7. The number of ketones is 1. The van der Waals surface area contributed by atoms with E-state index in [0.29, 0.717) is 28.0 Å². The minimum absolute atomic E-state index is 0.171. The second kappa shape index (κ2) is 8.12. The second-order valence-corrected chi connectivity index (χ2v) is 7.37. The average molecular weight is 420 g/mol. The van der Waals surface area contributed by atoms with E-state index in [9.17, 15) is 9.59 Å². The Balaban J connectivity index is 1.80. The summed E-state index contributed by atoms with van der Waals surface area (Å²) in [6.07, 6.45) is 1.70. The summed E-state index contributed by atoms with van der Waals surface area (Å²) in [5.41, 5.74) is 3.36. The molecule has 0 spiro atoms. The summed E-state index contributed by atoms with van der Waals surface area (Å²) in [4.78, 5) is 31.1. The SMILES string of the molecule is CCOC(=O)c1cc(C(=O)c2cccc3ccccc23)n2c(-c3ccccn3)cccc12. The molecule has 3 heterocycles. The number of ether oxygens (including phenoxy) is 1. The first-order valence-corrected chi connectivity index (χ1v) is 10.4. The Morgan fingerprint density at radius 3 is 2.47 bits per heavy atom. The fourth-order valence-electron chi connectivity index (χ4n) is 4.07. The molecule has 0 fully saturated rings. The van der Waals surface area contributed by atoms with Gasteiger partial charge in [-0.15, -0.1) is 0 Å². The molecule has 5 nitrogen and oxygen atoms in total. The van der Waals surface area contributed by atoms with Crippen molar-refractivity contribution in [1.29, 1.82) is 0 Å². The molecule has 156 valence electrons. The van der Waals surface area contributed by atoms with Crippen LogP contribution in [0.25, 0.3) is 27.7 Å². The van der Waals surface area contributed by atoms with Crippen LogP contribution in [0.3, 0.4) is 0 Å². The van der Waals surface area contributed by atoms with Gasteiger partial charge in [-0.25, -0.2) is 4.79 Å². The van der Waals surface area contributed by atoms with E-state index in [4.69, 9.17) is 4.74 Å². The third-order valence-corrected chi connectivity index (χ3v) is 5.48. The number of nitrogens with zero attached hydrogens (tertiary/aromatic N) is 2. The number of carbonyl (C=O) groups excluding carboxylic acids is 2. The Labute approximate surface area is 184 Å². The number of esters is 1. The van der Waals surface area contributed by atoms with Crippen molar-refractivity contribution < 1.29 is 14.3 Å². The van der Waals surface area contributed by atoms with Crippen LogP contribution in [0.2, 0.25) is 0 Å². The van der Waals surface area contributed by atoms with Crippen molar-refractivity contribution in [3.63, 3.8) is 0 Å². The van der Waals surface area contributed by atoms with E-state index in [-0.39, 0.29) is 12.4 Å². The molecule has 0 unspecified atom stereocenters. The predicted molar refractivity (Wildman–Crippen MR) is 124 cm³/mol. The summed E-state index contributed by atoms with van der Waals surface area (Å²) in [5, 5.41) is 1.85. The fourth-order valence-corrected chi connectivity index (χ4v) is 4.07. The number of pyridine rings is 2. The van der Waals surface area contributed by atoms with Crippen molar-refractivity contribution in [1.82, 2.24) is 9.38 Å². The maximum Gasteiger partial charge on any atom is 0.340 e. The number of benzene rings is 2. The number of hydrogen-bond acceptors (Lipinski definition) is 4. The largest absolute Gasteiger partial charge is 0.462 e. The molecular weight excluding hydrogens is 400 g/mol. The van der Waals surface area contributed by atoms with E-state index in [1.807, 2.05) is 78.9 Å². The number of hydrogen-bond donors (Lipinski definition) is 0. The highest BCUT2D eigenvalue weighted by Gasteiger charge is 2.24. The number of fused-ring (bicyclic) bond motifs is 2. The van der Waals surface area contributed by atoms with Gasteiger partial charge >= 0.3 is 5.97 Å². The molecule has 5 heteroatoms. The smallest absolute Gasteiger partial charge is 0.340 e. The number of rotatable bonds is 5. The summed E-state index contributed by atoms with van der Waals surface area (Å²) in [7, 11) is 0. The lowest BCUT2D eigenvalue weighted by atomic mass is 9.99. The Morgan fingerprint density at radius 1 is 0.875 bits per heavy atom. The first-order valence-electron chi connectivity index (χ1n) is 10.4. The molecular formula is C27H20N2O3. The summed E-state index contributed by atoms with van der Waals surface area (Å²) < 4.78 is 7.08. The van der Waals surface area contributed by atoms with Gasteiger partial charge in [0.1, 0.15) is 0 Å². The third-order valence-electron chi connectivity index (χ3n) is 5.48. The van der Waals surface area contributed by atoms with Gasteiger partial charge in [-0.2, -0.15) is 0 Å². The lowest BCUT2D eigenvalue weighted by Crippen LogP contribution is -2.07. The molecule has 3 aromatic heterocycles. The van der Waals surface area contributed by atoms with Crippen LogP contribution in [0, 0.1) is 0 Å². The second-order valence-electron chi connectivity index (χ2n) is 7.37. The van der Waals surface area contributed by atoms with E-state index in [2.05, 4.69) is 4.98 Å². The molecule has 0 aliphatic rings. The van der Waals surface area contributed by atoms with Gasteiger partial charge in [0.15, 0.2) is 0 Å². The first-order chi connectivity index (χ1) is 15.7. The van der Waals surface area contributed by atoms with Crippen molar-refractivity contribution in [2.24, 2.45) is 0 Å². The fraction of sp³-hybridized carbons (Fsp3) is 0.0741. The van der Waals surface area contributed by atoms with Crippen LogP contribution in [0.1, 0.15) is 33.3 Å². The predicted octanol–water partition coefficient (Wildman–Crippen LogP) is 5.56. The Kier molecular flexibility index (Phi) is 5.00. The quantitative estimate of drug-likeness (QED) is 0.276. The van der Waals surface area contributed by atoms with Gasteiger partial charge in [-0.05, 0) is 48.0 Å². The molecule has 0 amide bonds. The highest BCUT2D eigenvalue weighted by atomic mass is 16.5. The Hall–Kier alpha value is -4.25. The van der Waals surface area contributed by atoms with Crippen LogP contribution >= 0.6 is 0 Å². The lowest BCUT2D eigenvalue weighted by Gasteiger charge is -2.11. The summed E-state index contributed by atoms with van der Waals surface area (Å²) >= 11 is 0. The van der Waals surface area contributed by atoms with Crippen LogP contribution in [0.4, 0.5) is 0 Å². The monoisotopic (exact) mass is 420 g/mol. The summed E-state index contributed by atoms with van der Waals surface area (Å²) in [6.45, 7) is 2.01. The van der Waals surface area contributed by atoms with E-state index >= 15 is 0 Å². The Bertz CT molecular complexity index is 1460. The van der Waals surface area contributed by atoms with Crippen LogP contribution in [0.5, 0.6) is 0 Å². The average Bonchev–Trinajstić information content (AvgIpc) is 3.24. The normalized spacial score (nSPS) is 11.0. The Morgan fingerprint density at radius 2 is 1.66 bits per heavy atom. The van der Waals surface area contributed by atoms with E-state index in [0.717, 1.165) is 16.5 Å². The maximum absolute atomic E-state index is 13.9. The molecule has 5 rings (SSSR count). The van der Waals surface area contributed by atoms with E-state index in [1.165, 1.54) is 0 Å². The van der Waals surface area contributed by atoms with Gasteiger partial charge in [0, 0.05) is 11.8 Å². The molecule has 0 aliphatic carbocycles. The molecule has 0 saturated carbocycles. The van der Waals surface area contributed by atoms with Gasteiger partial charge < -0.3 is 9.14 Å². The third kappa shape index (κ3) is 3.24. The lowest BCUT2D eigenvalue weighted by molar-refractivity contribution is 0.0529. The minimum atomic E-state index is -0.458. The molecule has 2 aromatic carbocycles. The van der Waals surface area contributed by atoms with Crippen LogP contribution in [0.15, 0.2) is 91.1 Å². The summed E-state index contributed by atoms with van der Waals surface area (Å²) in [6, 6.07) is 26.2. The molecule has 5 aromatic rings. The number of carbonyl (C=O) groups is 2.